The number of nitrogens with one attached hydrogen (secondary N) is 2. The van der Waals surface area contributed by atoms with Crippen LogP contribution in [0.4, 0.5) is 0 Å². The molecule has 6 nitrogen and oxygen atoms in total. The number of rotatable bonds is 10. The number of hydrogen-bond acceptors (Lipinski definition) is 3. The van der Waals surface area contributed by atoms with Crippen molar-refractivity contribution in [3.05, 3.63) is 29.8 Å². The van der Waals surface area contributed by atoms with E-state index in [-0.39, 0.29) is 4.90 Å². The summed E-state index contributed by atoms with van der Waals surface area (Å²) in [5.41, 5.74) is 0.805. The van der Waals surface area contributed by atoms with Gasteiger partial charge in [-0.25, -0.2) is 18.5 Å². The lowest BCUT2D eigenvalue weighted by molar-refractivity contribution is 0.537. The van der Waals surface area contributed by atoms with Gasteiger partial charge in [-0.05, 0) is 38.0 Å². The van der Waals surface area contributed by atoms with Gasteiger partial charge in [0.1, 0.15) is 0 Å². The minimum absolute atomic E-state index is 0.113. The van der Waals surface area contributed by atoms with E-state index in [0.717, 1.165) is 24.5 Å². The molecule has 0 bridgehead atoms. The maximum Gasteiger partial charge on any atom is 0.238 e. The monoisotopic (exact) mass is 368 g/mol. The average Bonchev–Trinajstić information content (AvgIpc) is 2.56. The second kappa shape index (κ2) is 11.1. The third-order valence-corrected chi connectivity index (χ3v) is 4.78. The summed E-state index contributed by atoms with van der Waals surface area (Å²) in [5, 5.41) is 11.8. The summed E-state index contributed by atoms with van der Waals surface area (Å²) in [6.45, 7) is 7.54. The molecule has 1 rings (SSSR count). The van der Waals surface area contributed by atoms with Crippen LogP contribution in [0.5, 0.6) is 0 Å². The van der Waals surface area contributed by atoms with Crippen LogP contribution in [0.1, 0.15) is 58.4 Å². The maximum absolute atomic E-state index is 11.4. The lowest BCUT2D eigenvalue weighted by Crippen LogP contribution is -2.42. The molecule has 1 unspecified atom stereocenters. The largest absolute Gasteiger partial charge is 0.357 e. The Morgan fingerprint density at radius 2 is 2.00 bits per heavy atom. The summed E-state index contributed by atoms with van der Waals surface area (Å²) in [6.07, 6.45) is 6.09. The quantitative estimate of drug-likeness (QED) is 0.336. The Bertz CT molecular complexity index is 644. The van der Waals surface area contributed by atoms with E-state index in [4.69, 9.17) is 5.14 Å². The van der Waals surface area contributed by atoms with Crippen LogP contribution in [0.3, 0.4) is 0 Å². The highest BCUT2D eigenvalue weighted by Crippen LogP contribution is 2.11. The molecular weight excluding hydrogens is 336 g/mol. The van der Waals surface area contributed by atoms with Gasteiger partial charge in [0.05, 0.1) is 11.4 Å². The van der Waals surface area contributed by atoms with Crippen molar-refractivity contribution in [1.29, 1.82) is 0 Å². The van der Waals surface area contributed by atoms with E-state index < -0.39 is 10.0 Å². The number of unbranched alkanes of at least 4 members (excludes halogenated alkanes) is 3. The van der Waals surface area contributed by atoms with Crippen LogP contribution in [-0.4, -0.2) is 27.0 Å². The number of guanidine groups is 1. The van der Waals surface area contributed by atoms with E-state index in [1.165, 1.54) is 31.7 Å². The molecule has 142 valence electrons. The van der Waals surface area contributed by atoms with Crippen molar-refractivity contribution in [3.63, 3.8) is 0 Å². The molecule has 0 aliphatic rings. The van der Waals surface area contributed by atoms with Crippen molar-refractivity contribution >= 4 is 16.0 Å². The fourth-order valence-corrected chi connectivity index (χ4v) is 3.08. The van der Waals surface area contributed by atoms with Gasteiger partial charge in [-0.2, -0.15) is 0 Å². The highest BCUT2D eigenvalue weighted by molar-refractivity contribution is 7.89. The number of nitrogens with zero attached hydrogens (tertiary/aromatic N) is 1. The summed E-state index contributed by atoms with van der Waals surface area (Å²) in [5.74, 6) is 0.742. The second-order valence-electron chi connectivity index (χ2n) is 6.28. The van der Waals surface area contributed by atoms with Crippen molar-refractivity contribution in [2.24, 2.45) is 10.1 Å². The lowest BCUT2D eigenvalue weighted by Gasteiger charge is -2.17. The van der Waals surface area contributed by atoms with E-state index in [2.05, 4.69) is 29.5 Å². The van der Waals surface area contributed by atoms with Gasteiger partial charge < -0.3 is 10.6 Å². The molecular formula is C18H32N4O2S. The van der Waals surface area contributed by atoms with Gasteiger partial charge in [-0.1, -0.05) is 44.7 Å². The van der Waals surface area contributed by atoms with E-state index in [0.29, 0.717) is 12.6 Å². The van der Waals surface area contributed by atoms with Gasteiger partial charge in [-0.3, -0.25) is 0 Å². The Kier molecular flexibility index (Phi) is 9.52. The maximum atomic E-state index is 11.4. The smallest absolute Gasteiger partial charge is 0.238 e. The zero-order valence-corrected chi connectivity index (χ0v) is 16.4. The van der Waals surface area contributed by atoms with Crippen LogP contribution in [0.25, 0.3) is 0 Å². The molecule has 0 aliphatic carbocycles. The number of hydrogen-bond donors (Lipinski definition) is 3. The number of primary sulfonamides is 1. The molecule has 1 aromatic carbocycles. The third kappa shape index (κ3) is 8.88. The predicted molar refractivity (Wildman–Crippen MR) is 104 cm³/mol. The van der Waals surface area contributed by atoms with Crippen LogP contribution in [0, 0.1) is 0 Å². The first kappa shape index (κ1) is 21.4. The van der Waals surface area contributed by atoms with Crippen molar-refractivity contribution < 1.29 is 8.42 Å². The minimum Gasteiger partial charge on any atom is -0.357 e. The zero-order chi connectivity index (χ0) is 18.7. The molecule has 4 N–H and O–H groups in total. The third-order valence-electron chi connectivity index (χ3n) is 3.86. The van der Waals surface area contributed by atoms with E-state index in [1.54, 1.807) is 12.1 Å². The highest BCUT2D eigenvalue weighted by Gasteiger charge is 2.08. The standard InChI is InChI=1S/C18H32N4O2S/c1-4-6-7-8-10-15(3)22-18(20-5-2)21-14-16-11-9-12-17(13-16)25(19,23)24/h9,11-13,15H,4-8,10,14H2,1-3H3,(H2,19,23,24)(H2,20,21,22). The van der Waals surface area contributed by atoms with Gasteiger partial charge in [0.25, 0.3) is 0 Å². The average molecular weight is 369 g/mol. The van der Waals surface area contributed by atoms with E-state index in [9.17, 15) is 8.42 Å². The van der Waals surface area contributed by atoms with Crippen LogP contribution in [0.2, 0.25) is 0 Å². The Morgan fingerprint density at radius 1 is 1.24 bits per heavy atom. The molecule has 0 aromatic heterocycles. The fourth-order valence-electron chi connectivity index (χ4n) is 2.49. The fraction of sp³-hybridized carbons (Fsp3) is 0.611. The molecule has 0 heterocycles. The van der Waals surface area contributed by atoms with Crippen molar-refractivity contribution in [2.75, 3.05) is 6.54 Å². The van der Waals surface area contributed by atoms with Gasteiger partial charge in [0, 0.05) is 12.6 Å². The number of aliphatic imine (C=N–C) groups is 1. The molecule has 0 saturated heterocycles. The SMILES string of the molecule is CCCCCCC(C)NC(=NCc1cccc(S(N)(=O)=O)c1)NCC. The Morgan fingerprint density at radius 3 is 2.64 bits per heavy atom. The lowest BCUT2D eigenvalue weighted by atomic mass is 10.1. The molecule has 0 aliphatic heterocycles. The predicted octanol–water partition coefficient (Wildman–Crippen LogP) is 2.75. The molecule has 1 atom stereocenters. The molecule has 0 saturated carbocycles. The zero-order valence-electron chi connectivity index (χ0n) is 15.6. The summed E-state index contributed by atoms with van der Waals surface area (Å²) in [6, 6.07) is 6.92. The number of sulfonamides is 1. The summed E-state index contributed by atoms with van der Waals surface area (Å²) in [4.78, 5) is 4.66. The van der Waals surface area contributed by atoms with Gasteiger partial charge in [-0.15, -0.1) is 0 Å². The van der Waals surface area contributed by atoms with Crippen molar-refractivity contribution in [2.45, 2.75) is 70.4 Å². The molecule has 0 amide bonds. The van der Waals surface area contributed by atoms with E-state index in [1.807, 2.05) is 13.0 Å². The second-order valence-corrected chi connectivity index (χ2v) is 7.84. The molecule has 0 radical (unpaired) electrons. The summed E-state index contributed by atoms with van der Waals surface area (Å²) >= 11 is 0. The van der Waals surface area contributed by atoms with Gasteiger partial charge >= 0.3 is 0 Å². The number of benzene rings is 1. The topological polar surface area (TPSA) is 96.6 Å². The molecule has 1 aromatic rings. The van der Waals surface area contributed by atoms with Crippen molar-refractivity contribution in [3.8, 4) is 0 Å². The summed E-state index contributed by atoms with van der Waals surface area (Å²) in [7, 11) is -3.69. The Labute approximate surface area is 152 Å². The van der Waals surface area contributed by atoms with Crippen LogP contribution >= 0.6 is 0 Å². The first-order valence-electron chi connectivity index (χ1n) is 9.03. The van der Waals surface area contributed by atoms with E-state index >= 15 is 0 Å². The number of nitrogens with two attached hydrogens (primary N) is 1. The Balaban J connectivity index is 2.66. The van der Waals surface area contributed by atoms with Gasteiger partial charge in [0.15, 0.2) is 5.96 Å². The first-order valence-corrected chi connectivity index (χ1v) is 10.6. The molecule has 0 fully saturated rings. The molecule has 0 spiro atoms. The van der Waals surface area contributed by atoms with Crippen LogP contribution in [0.15, 0.2) is 34.2 Å². The van der Waals surface area contributed by atoms with Crippen LogP contribution < -0.4 is 15.8 Å². The summed E-state index contributed by atoms with van der Waals surface area (Å²) < 4.78 is 22.9. The minimum atomic E-state index is -3.69. The normalized spacial score (nSPS) is 13.5. The van der Waals surface area contributed by atoms with Gasteiger partial charge in [0.2, 0.25) is 10.0 Å². The highest BCUT2D eigenvalue weighted by atomic mass is 32.2. The van der Waals surface area contributed by atoms with Crippen LogP contribution in [-0.2, 0) is 16.6 Å². The first-order chi connectivity index (χ1) is 11.9. The molecule has 7 heteroatoms. The van der Waals surface area contributed by atoms with Crippen molar-refractivity contribution in [1.82, 2.24) is 10.6 Å². The molecule has 25 heavy (non-hydrogen) atoms. The Hall–Kier alpha value is -1.60.